The molecule has 1 aromatic carbocycles. The number of nitrogens with one attached hydrogen (secondary N) is 1. The molecule has 0 radical (unpaired) electrons. The summed E-state index contributed by atoms with van der Waals surface area (Å²) in [5, 5.41) is 11.2. The summed E-state index contributed by atoms with van der Waals surface area (Å²) in [7, 11) is 0. The van der Waals surface area contributed by atoms with Crippen molar-refractivity contribution in [1.82, 2.24) is 20.3 Å². The molecule has 0 bridgehead atoms. The maximum atomic E-state index is 4.81. The van der Waals surface area contributed by atoms with Gasteiger partial charge in [-0.3, -0.25) is 0 Å². The normalized spacial score (nSPS) is 15.4. The van der Waals surface area contributed by atoms with E-state index in [2.05, 4.69) is 56.5 Å². The molecule has 1 saturated heterocycles. The van der Waals surface area contributed by atoms with E-state index in [0.717, 1.165) is 24.6 Å². The van der Waals surface area contributed by atoms with E-state index < -0.39 is 0 Å². The minimum atomic E-state index is 0.423. The van der Waals surface area contributed by atoms with Crippen LogP contribution in [0.2, 0.25) is 0 Å². The molecule has 3 heterocycles. The second-order valence-electron chi connectivity index (χ2n) is 6.58. The van der Waals surface area contributed by atoms with Crippen LogP contribution in [0.3, 0.4) is 0 Å². The number of hydrogen-bond donors (Lipinski definition) is 1. The lowest BCUT2D eigenvalue weighted by molar-refractivity contribution is 0.314. The van der Waals surface area contributed by atoms with E-state index in [4.69, 9.17) is 4.63 Å². The lowest BCUT2D eigenvalue weighted by atomic mass is 10.1. The minimum Gasteiger partial charge on any atom is -0.353 e. The Morgan fingerprint density at radius 1 is 0.960 bits per heavy atom. The molecule has 0 spiro atoms. The van der Waals surface area contributed by atoms with Gasteiger partial charge in [-0.15, -0.1) is 0 Å². The fourth-order valence-corrected chi connectivity index (χ4v) is 3.23. The highest BCUT2D eigenvalue weighted by molar-refractivity contribution is 5.77. The SMILES string of the molecule is Cc1cccc(Nc2nc3nonc3nc2N2CCCCCC2)c1C. The Bertz CT molecular complexity index is 882. The summed E-state index contributed by atoms with van der Waals surface area (Å²) >= 11 is 0. The Morgan fingerprint density at radius 3 is 2.44 bits per heavy atom. The fourth-order valence-electron chi connectivity index (χ4n) is 3.23. The summed E-state index contributed by atoms with van der Waals surface area (Å²) in [5.41, 5.74) is 4.33. The van der Waals surface area contributed by atoms with Gasteiger partial charge in [0.25, 0.3) is 0 Å². The first-order chi connectivity index (χ1) is 12.2. The molecule has 1 fully saturated rings. The first-order valence-electron chi connectivity index (χ1n) is 8.81. The summed E-state index contributed by atoms with van der Waals surface area (Å²) in [6.45, 7) is 6.17. The van der Waals surface area contributed by atoms with Crippen molar-refractivity contribution < 1.29 is 4.63 Å². The first kappa shape index (κ1) is 15.8. The van der Waals surface area contributed by atoms with Crippen molar-refractivity contribution in [2.75, 3.05) is 23.3 Å². The van der Waals surface area contributed by atoms with Crippen LogP contribution < -0.4 is 10.2 Å². The van der Waals surface area contributed by atoms with Crippen molar-refractivity contribution >= 4 is 28.6 Å². The molecule has 0 unspecified atom stereocenters. The molecule has 0 aliphatic carbocycles. The molecule has 0 saturated carbocycles. The maximum absolute atomic E-state index is 4.81. The van der Waals surface area contributed by atoms with Crippen LogP contribution in [-0.4, -0.2) is 33.4 Å². The standard InChI is InChI=1S/C18H22N6O/c1-12-8-7-9-14(13(12)2)19-17-18(24-10-5-3-4-6-11-24)21-16-15(20-17)22-25-23-16/h7-9H,3-6,10-11H2,1-2H3,(H,19,20,22). The molecule has 130 valence electrons. The van der Waals surface area contributed by atoms with Crippen molar-refractivity contribution in [2.24, 2.45) is 0 Å². The molecule has 1 aliphatic rings. The lowest BCUT2D eigenvalue weighted by Gasteiger charge is -2.23. The highest BCUT2D eigenvalue weighted by Gasteiger charge is 2.20. The Hall–Kier alpha value is -2.70. The van der Waals surface area contributed by atoms with Crippen molar-refractivity contribution in [2.45, 2.75) is 39.5 Å². The van der Waals surface area contributed by atoms with Crippen LogP contribution >= 0.6 is 0 Å². The predicted octanol–water partition coefficient (Wildman–Crippen LogP) is 3.75. The van der Waals surface area contributed by atoms with E-state index in [1.807, 2.05) is 6.07 Å². The van der Waals surface area contributed by atoms with Gasteiger partial charge in [-0.1, -0.05) is 25.0 Å². The largest absolute Gasteiger partial charge is 0.353 e. The van der Waals surface area contributed by atoms with Crippen LogP contribution in [0, 0.1) is 13.8 Å². The van der Waals surface area contributed by atoms with Crippen LogP contribution in [0.25, 0.3) is 11.3 Å². The van der Waals surface area contributed by atoms with Gasteiger partial charge in [0.05, 0.1) is 0 Å². The Balaban J connectivity index is 1.77. The number of fused-ring (bicyclic) bond motifs is 1. The maximum Gasteiger partial charge on any atom is 0.245 e. The molecule has 1 aliphatic heterocycles. The third-order valence-electron chi connectivity index (χ3n) is 4.86. The second kappa shape index (κ2) is 6.66. The summed E-state index contributed by atoms with van der Waals surface area (Å²) in [6, 6.07) is 6.20. The monoisotopic (exact) mass is 338 g/mol. The van der Waals surface area contributed by atoms with Gasteiger partial charge in [-0.05, 0) is 54.2 Å². The quantitative estimate of drug-likeness (QED) is 0.779. The number of aromatic nitrogens is 4. The van der Waals surface area contributed by atoms with Crippen molar-refractivity contribution in [3.8, 4) is 0 Å². The molecule has 3 aromatic rings. The van der Waals surface area contributed by atoms with Crippen molar-refractivity contribution in [3.05, 3.63) is 29.3 Å². The molecule has 0 amide bonds. The molecule has 7 heteroatoms. The molecule has 0 atom stereocenters. The summed E-state index contributed by atoms with van der Waals surface area (Å²) in [5.74, 6) is 1.53. The lowest BCUT2D eigenvalue weighted by Crippen LogP contribution is -2.26. The Kier molecular flexibility index (Phi) is 4.21. The molecule has 25 heavy (non-hydrogen) atoms. The van der Waals surface area contributed by atoms with E-state index in [0.29, 0.717) is 17.1 Å². The highest BCUT2D eigenvalue weighted by Crippen LogP contribution is 2.30. The van der Waals surface area contributed by atoms with Gasteiger partial charge in [-0.2, -0.15) is 0 Å². The van der Waals surface area contributed by atoms with Gasteiger partial charge in [0, 0.05) is 18.8 Å². The van der Waals surface area contributed by atoms with Gasteiger partial charge < -0.3 is 10.2 Å². The number of benzene rings is 1. The molecule has 4 rings (SSSR count). The predicted molar refractivity (Wildman–Crippen MR) is 97.3 cm³/mol. The topological polar surface area (TPSA) is 80.0 Å². The summed E-state index contributed by atoms with van der Waals surface area (Å²) in [4.78, 5) is 11.6. The van der Waals surface area contributed by atoms with Gasteiger partial charge >= 0.3 is 0 Å². The smallest absolute Gasteiger partial charge is 0.245 e. The number of hydrogen-bond acceptors (Lipinski definition) is 7. The fraction of sp³-hybridized carbons (Fsp3) is 0.444. The average molecular weight is 338 g/mol. The van der Waals surface area contributed by atoms with E-state index in [9.17, 15) is 0 Å². The molecule has 2 aromatic heterocycles. The minimum absolute atomic E-state index is 0.423. The number of nitrogens with zero attached hydrogens (tertiary/aromatic N) is 5. The van der Waals surface area contributed by atoms with Gasteiger partial charge in [0.1, 0.15) is 0 Å². The number of anilines is 3. The Labute approximate surface area is 146 Å². The average Bonchev–Trinajstić information content (AvgIpc) is 2.89. The number of rotatable bonds is 3. The van der Waals surface area contributed by atoms with E-state index >= 15 is 0 Å². The zero-order chi connectivity index (χ0) is 17.2. The summed E-state index contributed by atoms with van der Waals surface area (Å²) in [6.07, 6.45) is 4.86. The molecule has 1 N–H and O–H groups in total. The summed E-state index contributed by atoms with van der Waals surface area (Å²) < 4.78 is 4.81. The molecular formula is C18H22N6O. The van der Waals surface area contributed by atoms with Gasteiger partial charge in [0.2, 0.25) is 11.3 Å². The molecule has 7 nitrogen and oxygen atoms in total. The van der Waals surface area contributed by atoms with Gasteiger partial charge in [-0.25, -0.2) is 14.6 Å². The third-order valence-corrected chi connectivity index (χ3v) is 4.86. The van der Waals surface area contributed by atoms with E-state index in [1.165, 1.54) is 36.8 Å². The zero-order valence-corrected chi connectivity index (χ0v) is 14.6. The van der Waals surface area contributed by atoms with Crippen molar-refractivity contribution in [1.29, 1.82) is 0 Å². The van der Waals surface area contributed by atoms with Crippen LogP contribution in [0.1, 0.15) is 36.8 Å². The molecular weight excluding hydrogens is 316 g/mol. The number of aryl methyl sites for hydroxylation is 1. The van der Waals surface area contributed by atoms with Crippen molar-refractivity contribution in [3.63, 3.8) is 0 Å². The van der Waals surface area contributed by atoms with E-state index in [-0.39, 0.29) is 0 Å². The zero-order valence-electron chi connectivity index (χ0n) is 14.6. The Morgan fingerprint density at radius 2 is 1.68 bits per heavy atom. The van der Waals surface area contributed by atoms with Crippen LogP contribution in [-0.2, 0) is 0 Å². The van der Waals surface area contributed by atoms with E-state index in [1.54, 1.807) is 0 Å². The van der Waals surface area contributed by atoms with Crippen LogP contribution in [0.5, 0.6) is 0 Å². The second-order valence-corrected chi connectivity index (χ2v) is 6.58. The van der Waals surface area contributed by atoms with Crippen LogP contribution in [0.15, 0.2) is 22.8 Å². The first-order valence-corrected chi connectivity index (χ1v) is 8.81. The van der Waals surface area contributed by atoms with Crippen LogP contribution in [0.4, 0.5) is 17.3 Å². The third kappa shape index (κ3) is 3.14. The highest BCUT2D eigenvalue weighted by atomic mass is 16.6. The van der Waals surface area contributed by atoms with Gasteiger partial charge in [0.15, 0.2) is 11.6 Å².